The Bertz CT molecular complexity index is 669. The molecule has 0 unspecified atom stereocenters. The van der Waals surface area contributed by atoms with Gasteiger partial charge in [-0.25, -0.2) is 4.79 Å². The molecule has 22 heavy (non-hydrogen) atoms. The Balaban J connectivity index is 1.66. The standard InChI is InChI=1S/C16H20N2O4/c19-11-16(21)5-1-7-18(8-6-16)15(20)17-13-2-3-14-12(10-13)4-9-22-14/h2-4,9-10,19,21H,1,5-8,11H2,(H,17,20)/t16-/m0/s1. The minimum absolute atomic E-state index is 0.190. The van der Waals surface area contributed by atoms with Crippen molar-refractivity contribution in [3.8, 4) is 0 Å². The van der Waals surface area contributed by atoms with Crippen molar-refractivity contribution in [2.75, 3.05) is 25.0 Å². The summed E-state index contributed by atoms with van der Waals surface area (Å²) >= 11 is 0. The van der Waals surface area contributed by atoms with Gasteiger partial charge in [-0.3, -0.25) is 0 Å². The highest BCUT2D eigenvalue weighted by molar-refractivity contribution is 5.92. The van der Waals surface area contributed by atoms with Gasteiger partial charge in [0.1, 0.15) is 5.58 Å². The second-order valence-corrected chi connectivity index (χ2v) is 5.83. The van der Waals surface area contributed by atoms with Gasteiger partial charge >= 0.3 is 6.03 Å². The molecule has 0 radical (unpaired) electrons. The lowest BCUT2D eigenvalue weighted by molar-refractivity contribution is -0.0247. The van der Waals surface area contributed by atoms with E-state index in [0.29, 0.717) is 38.0 Å². The van der Waals surface area contributed by atoms with E-state index in [1.54, 1.807) is 17.2 Å². The van der Waals surface area contributed by atoms with E-state index in [9.17, 15) is 15.0 Å². The average molecular weight is 304 g/mol. The molecule has 1 aliphatic heterocycles. The van der Waals surface area contributed by atoms with Crippen LogP contribution in [0.2, 0.25) is 0 Å². The molecule has 2 amide bonds. The molecule has 1 fully saturated rings. The zero-order chi connectivity index (χ0) is 15.6. The number of carbonyl (C=O) groups excluding carboxylic acids is 1. The average Bonchev–Trinajstić information content (AvgIpc) is 2.88. The number of aliphatic hydroxyl groups excluding tert-OH is 1. The fourth-order valence-electron chi connectivity index (χ4n) is 2.79. The smallest absolute Gasteiger partial charge is 0.321 e. The fraction of sp³-hybridized carbons (Fsp3) is 0.438. The first-order valence-electron chi connectivity index (χ1n) is 7.46. The van der Waals surface area contributed by atoms with Crippen LogP contribution in [-0.4, -0.2) is 46.4 Å². The maximum absolute atomic E-state index is 12.3. The quantitative estimate of drug-likeness (QED) is 0.793. The van der Waals surface area contributed by atoms with Crippen LogP contribution in [0.15, 0.2) is 34.9 Å². The number of likely N-dealkylation sites (tertiary alicyclic amines) is 1. The number of amides is 2. The molecule has 0 saturated carbocycles. The molecule has 6 heteroatoms. The number of carbonyl (C=O) groups is 1. The summed E-state index contributed by atoms with van der Waals surface area (Å²) in [7, 11) is 0. The molecule has 0 bridgehead atoms. The highest BCUT2D eigenvalue weighted by Crippen LogP contribution is 2.23. The highest BCUT2D eigenvalue weighted by atomic mass is 16.3. The Morgan fingerprint density at radius 1 is 1.32 bits per heavy atom. The van der Waals surface area contributed by atoms with Gasteiger partial charge in [-0.05, 0) is 43.5 Å². The van der Waals surface area contributed by atoms with Crippen molar-refractivity contribution in [2.24, 2.45) is 0 Å². The Kier molecular flexibility index (Phi) is 4.04. The summed E-state index contributed by atoms with van der Waals surface area (Å²) in [5.74, 6) is 0. The van der Waals surface area contributed by atoms with Gasteiger partial charge in [0.2, 0.25) is 0 Å². The molecule has 2 heterocycles. The van der Waals surface area contributed by atoms with Gasteiger partial charge in [0, 0.05) is 24.2 Å². The number of nitrogens with one attached hydrogen (secondary N) is 1. The fourth-order valence-corrected chi connectivity index (χ4v) is 2.79. The first-order chi connectivity index (χ1) is 10.6. The van der Waals surface area contributed by atoms with Crippen molar-refractivity contribution in [2.45, 2.75) is 24.9 Å². The molecule has 0 spiro atoms. The maximum atomic E-state index is 12.3. The topological polar surface area (TPSA) is 85.9 Å². The first-order valence-corrected chi connectivity index (χ1v) is 7.46. The van der Waals surface area contributed by atoms with E-state index in [-0.39, 0.29) is 12.6 Å². The van der Waals surface area contributed by atoms with Crippen LogP contribution in [0.25, 0.3) is 11.0 Å². The minimum atomic E-state index is -1.06. The predicted octanol–water partition coefficient (Wildman–Crippen LogP) is 2.17. The minimum Gasteiger partial charge on any atom is -0.464 e. The third-order valence-electron chi connectivity index (χ3n) is 4.20. The summed E-state index contributed by atoms with van der Waals surface area (Å²) in [6.07, 6.45) is 3.18. The first kappa shape index (κ1) is 14.9. The lowest BCUT2D eigenvalue weighted by atomic mass is 9.96. The van der Waals surface area contributed by atoms with Crippen molar-refractivity contribution in [1.29, 1.82) is 0 Å². The lowest BCUT2D eigenvalue weighted by Crippen LogP contribution is -2.38. The Hall–Kier alpha value is -2.05. The highest BCUT2D eigenvalue weighted by Gasteiger charge is 2.30. The number of benzene rings is 1. The zero-order valence-corrected chi connectivity index (χ0v) is 12.3. The molecule has 0 aliphatic carbocycles. The van der Waals surface area contributed by atoms with Crippen molar-refractivity contribution in [1.82, 2.24) is 4.90 Å². The second kappa shape index (κ2) is 5.98. The van der Waals surface area contributed by atoms with E-state index in [1.165, 1.54) is 0 Å². The normalized spacial score (nSPS) is 22.5. The summed E-state index contributed by atoms with van der Waals surface area (Å²) in [5, 5.41) is 23.2. The molecular weight excluding hydrogens is 284 g/mol. The number of aliphatic hydroxyl groups is 2. The number of rotatable bonds is 2. The number of urea groups is 1. The molecule has 1 aromatic heterocycles. The van der Waals surface area contributed by atoms with Gasteiger partial charge in [0.25, 0.3) is 0 Å². The van der Waals surface area contributed by atoms with Gasteiger partial charge in [-0.2, -0.15) is 0 Å². The molecule has 1 aromatic carbocycles. The third kappa shape index (κ3) is 3.08. The number of hydrogen-bond donors (Lipinski definition) is 3. The van der Waals surface area contributed by atoms with E-state index in [1.807, 2.05) is 18.2 Å². The van der Waals surface area contributed by atoms with Crippen LogP contribution in [0, 0.1) is 0 Å². The number of fused-ring (bicyclic) bond motifs is 1. The summed E-state index contributed by atoms with van der Waals surface area (Å²) in [6, 6.07) is 7.13. The Labute approximate surface area is 128 Å². The largest absolute Gasteiger partial charge is 0.464 e. The number of hydrogen-bond acceptors (Lipinski definition) is 4. The molecular formula is C16H20N2O4. The van der Waals surface area contributed by atoms with E-state index < -0.39 is 5.60 Å². The van der Waals surface area contributed by atoms with E-state index in [4.69, 9.17) is 4.42 Å². The van der Waals surface area contributed by atoms with Crippen LogP contribution in [0.5, 0.6) is 0 Å². The van der Waals surface area contributed by atoms with Crippen LogP contribution in [0.1, 0.15) is 19.3 Å². The van der Waals surface area contributed by atoms with Crippen LogP contribution >= 0.6 is 0 Å². The molecule has 1 aliphatic rings. The summed E-state index contributed by atoms with van der Waals surface area (Å²) in [4.78, 5) is 14.0. The van der Waals surface area contributed by atoms with Gasteiger partial charge in [0.15, 0.2) is 0 Å². The summed E-state index contributed by atoms with van der Waals surface area (Å²) in [5.41, 5.74) is 0.423. The molecule has 1 saturated heterocycles. The van der Waals surface area contributed by atoms with Crippen LogP contribution < -0.4 is 5.32 Å². The molecule has 6 nitrogen and oxygen atoms in total. The maximum Gasteiger partial charge on any atom is 0.321 e. The Morgan fingerprint density at radius 2 is 2.18 bits per heavy atom. The van der Waals surface area contributed by atoms with E-state index in [2.05, 4.69) is 5.32 Å². The molecule has 2 aromatic rings. The molecule has 1 atom stereocenters. The van der Waals surface area contributed by atoms with Crippen LogP contribution in [-0.2, 0) is 0 Å². The lowest BCUT2D eigenvalue weighted by Gasteiger charge is -2.24. The molecule has 3 rings (SSSR count). The van der Waals surface area contributed by atoms with Gasteiger partial charge in [0.05, 0.1) is 18.5 Å². The number of nitrogens with zero attached hydrogens (tertiary/aromatic N) is 1. The van der Waals surface area contributed by atoms with Gasteiger partial charge in [-0.1, -0.05) is 0 Å². The van der Waals surface area contributed by atoms with Gasteiger partial charge in [-0.15, -0.1) is 0 Å². The van der Waals surface area contributed by atoms with Crippen LogP contribution in [0.4, 0.5) is 10.5 Å². The second-order valence-electron chi connectivity index (χ2n) is 5.83. The van der Waals surface area contributed by atoms with Crippen molar-refractivity contribution in [3.63, 3.8) is 0 Å². The zero-order valence-electron chi connectivity index (χ0n) is 12.3. The van der Waals surface area contributed by atoms with Crippen molar-refractivity contribution in [3.05, 3.63) is 30.5 Å². The predicted molar refractivity (Wildman–Crippen MR) is 82.7 cm³/mol. The Morgan fingerprint density at radius 3 is 3.00 bits per heavy atom. The monoisotopic (exact) mass is 304 g/mol. The molecule has 3 N–H and O–H groups in total. The van der Waals surface area contributed by atoms with E-state index >= 15 is 0 Å². The van der Waals surface area contributed by atoms with Crippen molar-refractivity contribution < 1.29 is 19.4 Å². The van der Waals surface area contributed by atoms with Crippen molar-refractivity contribution >= 4 is 22.7 Å². The number of anilines is 1. The molecule has 118 valence electrons. The third-order valence-corrected chi connectivity index (χ3v) is 4.20. The SMILES string of the molecule is O=C(Nc1ccc2occc2c1)N1CCC[C@@](O)(CO)CC1. The van der Waals surface area contributed by atoms with E-state index in [0.717, 1.165) is 11.0 Å². The van der Waals surface area contributed by atoms with Crippen LogP contribution in [0.3, 0.4) is 0 Å². The summed E-state index contributed by atoms with van der Waals surface area (Å²) < 4.78 is 5.27. The summed E-state index contributed by atoms with van der Waals surface area (Å²) in [6.45, 7) is 0.735. The van der Waals surface area contributed by atoms with Gasteiger partial charge < -0.3 is 24.8 Å². The number of furan rings is 1.